The molecule has 0 saturated carbocycles. The second kappa shape index (κ2) is 10.7. The highest BCUT2D eigenvalue weighted by atomic mass is 16.5. The number of rotatable bonds is 7. The molecule has 3 aromatic rings. The second-order valence-corrected chi connectivity index (χ2v) is 7.85. The molecule has 0 radical (unpaired) electrons. The summed E-state index contributed by atoms with van der Waals surface area (Å²) in [6, 6.07) is 18.7. The molecule has 0 unspecified atom stereocenters. The SMILES string of the molecule is Cc1cccc(C(=O)N/C(=C\c2ccco2)C(=O)NCc2ccc(N3CCOCC3)cc2)c1. The van der Waals surface area contributed by atoms with Gasteiger partial charge in [-0.2, -0.15) is 0 Å². The van der Waals surface area contributed by atoms with E-state index in [9.17, 15) is 9.59 Å². The summed E-state index contributed by atoms with van der Waals surface area (Å²) in [5.74, 6) is -0.286. The molecule has 1 fully saturated rings. The first-order chi connectivity index (χ1) is 16.1. The van der Waals surface area contributed by atoms with Crippen LogP contribution in [-0.2, 0) is 16.1 Å². The Bertz CT molecular complexity index is 1110. The van der Waals surface area contributed by atoms with Gasteiger partial charge in [-0.25, -0.2) is 0 Å². The van der Waals surface area contributed by atoms with Crippen molar-refractivity contribution in [2.24, 2.45) is 0 Å². The number of nitrogens with one attached hydrogen (secondary N) is 2. The highest BCUT2D eigenvalue weighted by molar-refractivity contribution is 6.05. The van der Waals surface area contributed by atoms with Crippen LogP contribution in [0.25, 0.3) is 6.08 Å². The molecule has 0 aliphatic carbocycles. The van der Waals surface area contributed by atoms with Crippen molar-refractivity contribution in [2.45, 2.75) is 13.5 Å². The van der Waals surface area contributed by atoms with Crippen molar-refractivity contribution < 1.29 is 18.7 Å². The van der Waals surface area contributed by atoms with E-state index in [1.807, 2.05) is 37.3 Å². The molecule has 7 nitrogen and oxygen atoms in total. The second-order valence-electron chi connectivity index (χ2n) is 7.85. The van der Waals surface area contributed by atoms with E-state index in [-0.39, 0.29) is 11.6 Å². The number of amides is 2. The Kier molecular flexibility index (Phi) is 7.22. The lowest BCUT2D eigenvalue weighted by Gasteiger charge is -2.28. The molecule has 2 aromatic carbocycles. The van der Waals surface area contributed by atoms with Crippen LogP contribution in [0.3, 0.4) is 0 Å². The Hall–Kier alpha value is -3.84. The van der Waals surface area contributed by atoms with Crippen molar-refractivity contribution in [3.05, 3.63) is 95.1 Å². The van der Waals surface area contributed by atoms with Crippen molar-refractivity contribution in [1.29, 1.82) is 0 Å². The van der Waals surface area contributed by atoms with Gasteiger partial charge in [0, 0.05) is 37.0 Å². The number of carbonyl (C=O) groups excluding carboxylic acids is 2. The molecule has 0 spiro atoms. The quantitative estimate of drug-likeness (QED) is 0.544. The molecule has 33 heavy (non-hydrogen) atoms. The maximum atomic E-state index is 12.9. The Morgan fingerprint density at radius 1 is 1.03 bits per heavy atom. The third kappa shape index (κ3) is 6.11. The number of aryl methyl sites for hydroxylation is 1. The topological polar surface area (TPSA) is 83.8 Å². The molecule has 170 valence electrons. The summed E-state index contributed by atoms with van der Waals surface area (Å²) in [6.45, 7) is 5.45. The van der Waals surface area contributed by atoms with E-state index in [4.69, 9.17) is 9.15 Å². The maximum absolute atomic E-state index is 12.9. The minimum atomic E-state index is -0.398. The third-order valence-corrected chi connectivity index (χ3v) is 5.37. The van der Waals surface area contributed by atoms with Crippen LogP contribution in [0.2, 0.25) is 0 Å². The van der Waals surface area contributed by atoms with Gasteiger partial charge in [-0.1, -0.05) is 29.8 Å². The Balaban J connectivity index is 1.42. The Morgan fingerprint density at radius 2 is 1.82 bits per heavy atom. The monoisotopic (exact) mass is 445 g/mol. The highest BCUT2D eigenvalue weighted by Gasteiger charge is 2.16. The summed E-state index contributed by atoms with van der Waals surface area (Å²) in [4.78, 5) is 27.9. The Morgan fingerprint density at radius 3 is 2.52 bits per heavy atom. The van der Waals surface area contributed by atoms with Gasteiger partial charge < -0.3 is 24.7 Å². The maximum Gasteiger partial charge on any atom is 0.268 e. The first kappa shape index (κ1) is 22.4. The fourth-order valence-corrected chi connectivity index (χ4v) is 3.58. The lowest BCUT2D eigenvalue weighted by molar-refractivity contribution is -0.117. The predicted molar refractivity (Wildman–Crippen MR) is 127 cm³/mol. The fourth-order valence-electron chi connectivity index (χ4n) is 3.58. The zero-order valence-corrected chi connectivity index (χ0v) is 18.5. The van der Waals surface area contributed by atoms with Crippen molar-refractivity contribution in [2.75, 3.05) is 31.2 Å². The summed E-state index contributed by atoms with van der Waals surface area (Å²) in [5, 5.41) is 5.60. The number of ether oxygens (including phenoxy) is 1. The minimum Gasteiger partial charge on any atom is -0.465 e. The number of morpholine rings is 1. The average molecular weight is 446 g/mol. The van der Waals surface area contributed by atoms with Gasteiger partial charge in [0.05, 0.1) is 19.5 Å². The number of hydrogen-bond donors (Lipinski definition) is 2. The van der Waals surface area contributed by atoms with Crippen LogP contribution in [0.15, 0.2) is 77.0 Å². The first-order valence-electron chi connectivity index (χ1n) is 10.9. The normalized spacial score (nSPS) is 14.1. The lowest BCUT2D eigenvalue weighted by Crippen LogP contribution is -2.36. The van der Waals surface area contributed by atoms with Gasteiger partial charge in [-0.3, -0.25) is 9.59 Å². The largest absolute Gasteiger partial charge is 0.465 e. The summed E-state index contributed by atoms with van der Waals surface area (Å²) in [6.07, 6.45) is 3.03. The molecule has 2 amide bonds. The van der Waals surface area contributed by atoms with Crippen LogP contribution >= 0.6 is 0 Å². The van der Waals surface area contributed by atoms with Gasteiger partial charge in [0.2, 0.25) is 0 Å². The molecule has 2 heterocycles. The van der Waals surface area contributed by atoms with E-state index >= 15 is 0 Å². The lowest BCUT2D eigenvalue weighted by atomic mass is 10.1. The molecule has 1 aliphatic rings. The van der Waals surface area contributed by atoms with Crippen molar-refractivity contribution in [1.82, 2.24) is 10.6 Å². The van der Waals surface area contributed by atoms with Crippen LogP contribution in [0, 0.1) is 6.92 Å². The number of nitrogens with zero attached hydrogens (tertiary/aromatic N) is 1. The smallest absolute Gasteiger partial charge is 0.268 e. The number of anilines is 1. The number of hydrogen-bond acceptors (Lipinski definition) is 5. The third-order valence-electron chi connectivity index (χ3n) is 5.37. The number of furan rings is 1. The van der Waals surface area contributed by atoms with Gasteiger partial charge in [0.25, 0.3) is 11.8 Å². The van der Waals surface area contributed by atoms with Crippen LogP contribution in [0.5, 0.6) is 0 Å². The Labute approximate surface area is 193 Å². The van der Waals surface area contributed by atoms with E-state index in [1.54, 1.807) is 30.3 Å². The van der Waals surface area contributed by atoms with Crippen molar-refractivity contribution in [3.63, 3.8) is 0 Å². The van der Waals surface area contributed by atoms with E-state index in [0.717, 1.165) is 43.1 Å². The predicted octanol–water partition coefficient (Wildman–Crippen LogP) is 3.51. The zero-order chi connectivity index (χ0) is 23.0. The summed E-state index contributed by atoms with van der Waals surface area (Å²) in [5.41, 5.74) is 3.65. The van der Waals surface area contributed by atoms with Crippen LogP contribution < -0.4 is 15.5 Å². The van der Waals surface area contributed by atoms with Gasteiger partial charge in [0.1, 0.15) is 11.5 Å². The number of carbonyl (C=O) groups is 2. The van der Waals surface area contributed by atoms with Crippen LogP contribution in [0.1, 0.15) is 27.2 Å². The van der Waals surface area contributed by atoms with E-state index in [0.29, 0.717) is 17.9 Å². The first-order valence-corrected chi connectivity index (χ1v) is 10.9. The van der Waals surface area contributed by atoms with Crippen molar-refractivity contribution >= 4 is 23.6 Å². The van der Waals surface area contributed by atoms with Gasteiger partial charge in [-0.15, -0.1) is 0 Å². The van der Waals surface area contributed by atoms with E-state index < -0.39 is 5.91 Å². The van der Waals surface area contributed by atoms with E-state index in [2.05, 4.69) is 15.5 Å². The minimum absolute atomic E-state index is 0.112. The van der Waals surface area contributed by atoms with Gasteiger partial charge in [0.15, 0.2) is 0 Å². The van der Waals surface area contributed by atoms with Crippen molar-refractivity contribution in [3.8, 4) is 0 Å². The van der Waals surface area contributed by atoms with Gasteiger partial charge in [-0.05, 0) is 48.9 Å². The summed E-state index contributed by atoms with van der Waals surface area (Å²) >= 11 is 0. The van der Waals surface area contributed by atoms with Gasteiger partial charge >= 0.3 is 0 Å². The molecule has 1 saturated heterocycles. The number of benzene rings is 2. The standard InChI is InChI=1S/C26H27N3O4/c1-19-4-2-5-21(16-19)25(30)28-24(17-23-6-3-13-33-23)26(31)27-18-20-7-9-22(10-8-20)29-11-14-32-15-12-29/h2-10,13,16-17H,11-12,14-15,18H2,1H3,(H,27,31)(H,28,30)/b24-17-. The van der Waals surface area contributed by atoms with Crippen LogP contribution in [-0.4, -0.2) is 38.1 Å². The molecule has 7 heteroatoms. The summed E-state index contributed by atoms with van der Waals surface area (Å²) in [7, 11) is 0. The fraction of sp³-hybridized carbons (Fsp3) is 0.231. The molecule has 4 rings (SSSR count). The molecule has 0 atom stereocenters. The molecule has 1 aliphatic heterocycles. The molecular formula is C26H27N3O4. The summed E-state index contributed by atoms with van der Waals surface area (Å²) < 4.78 is 10.7. The highest BCUT2D eigenvalue weighted by Crippen LogP contribution is 2.17. The zero-order valence-electron chi connectivity index (χ0n) is 18.5. The van der Waals surface area contributed by atoms with E-state index in [1.165, 1.54) is 12.3 Å². The molecular weight excluding hydrogens is 418 g/mol. The molecule has 0 bridgehead atoms. The average Bonchev–Trinajstić information content (AvgIpc) is 3.36. The van der Waals surface area contributed by atoms with Crippen LogP contribution in [0.4, 0.5) is 5.69 Å². The molecule has 1 aromatic heterocycles. The molecule has 2 N–H and O–H groups in total.